The van der Waals surface area contributed by atoms with Crippen molar-refractivity contribution in [3.8, 4) is 0 Å². The van der Waals surface area contributed by atoms with E-state index < -0.39 is 10.2 Å². The summed E-state index contributed by atoms with van der Waals surface area (Å²) < 4.78 is 28.4. The minimum atomic E-state index is -3.29. The average molecular weight is 327 g/mol. The molecule has 0 saturated carbocycles. The molecule has 2 unspecified atom stereocenters. The van der Waals surface area contributed by atoms with Crippen molar-refractivity contribution in [2.45, 2.75) is 38.4 Å². The molecule has 0 bridgehead atoms. The second kappa shape index (κ2) is 6.50. The third-order valence-corrected chi connectivity index (χ3v) is 6.07. The second-order valence-corrected chi connectivity index (χ2v) is 8.15. The Morgan fingerprint density at radius 1 is 1.47 bits per heavy atom. The highest BCUT2D eigenvalue weighted by Gasteiger charge is 2.27. The first-order valence-electron chi connectivity index (χ1n) is 6.21. The van der Waals surface area contributed by atoms with Gasteiger partial charge in [-0.3, -0.25) is 0 Å². The topological polar surface area (TPSA) is 49.4 Å². The molecule has 1 fully saturated rings. The number of rotatable bonds is 5. The molecular formula is C11H23BrN2O2S. The summed E-state index contributed by atoms with van der Waals surface area (Å²) in [5.41, 5.74) is 0. The van der Waals surface area contributed by atoms with Crippen LogP contribution in [0.4, 0.5) is 0 Å². The van der Waals surface area contributed by atoms with Crippen LogP contribution < -0.4 is 4.72 Å². The van der Waals surface area contributed by atoms with Gasteiger partial charge < -0.3 is 0 Å². The average Bonchev–Trinajstić information content (AvgIpc) is 2.26. The fourth-order valence-electron chi connectivity index (χ4n) is 1.88. The molecule has 0 aliphatic carbocycles. The third-order valence-electron chi connectivity index (χ3n) is 3.14. The summed E-state index contributed by atoms with van der Waals surface area (Å²) in [5.74, 6) is 0.878. The maximum Gasteiger partial charge on any atom is 0.279 e. The van der Waals surface area contributed by atoms with Crippen molar-refractivity contribution in [2.75, 3.05) is 19.6 Å². The molecule has 0 aromatic rings. The van der Waals surface area contributed by atoms with Crippen LogP contribution in [0.25, 0.3) is 0 Å². The molecule has 1 aliphatic rings. The van der Waals surface area contributed by atoms with Gasteiger partial charge in [-0.25, -0.2) is 4.72 Å². The van der Waals surface area contributed by atoms with Crippen molar-refractivity contribution < 1.29 is 8.42 Å². The Balaban J connectivity index is 2.50. The Labute approximate surface area is 113 Å². The van der Waals surface area contributed by atoms with E-state index in [-0.39, 0.29) is 4.83 Å². The molecule has 2 atom stereocenters. The summed E-state index contributed by atoms with van der Waals surface area (Å²) in [6.07, 6.45) is 2.09. The maximum atomic E-state index is 12.1. The number of hydrogen-bond donors (Lipinski definition) is 1. The summed E-state index contributed by atoms with van der Waals surface area (Å²) in [4.78, 5) is 0.180. The van der Waals surface area contributed by atoms with Gasteiger partial charge in [-0.2, -0.15) is 12.7 Å². The van der Waals surface area contributed by atoms with Crippen molar-refractivity contribution in [3.63, 3.8) is 0 Å². The molecule has 0 spiro atoms. The fourth-order valence-corrected chi connectivity index (χ4v) is 3.65. The lowest BCUT2D eigenvalue weighted by atomic mass is 10.0. The summed E-state index contributed by atoms with van der Waals surface area (Å²) in [6.45, 7) is 7.97. The lowest BCUT2D eigenvalue weighted by Gasteiger charge is -2.30. The van der Waals surface area contributed by atoms with Gasteiger partial charge in [0.2, 0.25) is 0 Å². The zero-order valence-corrected chi connectivity index (χ0v) is 13.2. The lowest BCUT2D eigenvalue weighted by Crippen LogP contribution is -2.47. The van der Waals surface area contributed by atoms with Crippen LogP contribution in [-0.2, 0) is 10.2 Å². The minimum absolute atomic E-state index is 0.180. The molecule has 1 aliphatic heterocycles. The largest absolute Gasteiger partial charge is 0.279 e. The van der Waals surface area contributed by atoms with E-state index in [1.54, 1.807) is 4.31 Å². The van der Waals surface area contributed by atoms with Crippen LogP contribution in [-0.4, -0.2) is 37.2 Å². The van der Waals surface area contributed by atoms with Crippen molar-refractivity contribution in [2.24, 2.45) is 11.8 Å². The van der Waals surface area contributed by atoms with Gasteiger partial charge in [0.1, 0.15) is 0 Å². The van der Waals surface area contributed by atoms with E-state index in [9.17, 15) is 8.42 Å². The Morgan fingerprint density at radius 3 is 2.65 bits per heavy atom. The summed E-state index contributed by atoms with van der Waals surface area (Å²) in [7, 11) is -3.29. The van der Waals surface area contributed by atoms with Crippen LogP contribution >= 0.6 is 15.9 Å². The van der Waals surface area contributed by atoms with Crippen molar-refractivity contribution in [1.29, 1.82) is 0 Å². The molecule has 1 N–H and O–H groups in total. The predicted molar refractivity (Wildman–Crippen MR) is 74.4 cm³/mol. The molecule has 1 rings (SSSR count). The molecule has 6 heteroatoms. The van der Waals surface area contributed by atoms with Crippen LogP contribution in [0.15, 0.2) is 0 Å². The van der Waals surface area contributed by atoms with E-state index in [1.807, 2.05) is 0 Å². The molecule has 17 heavy (non-hydrogen) atoms. The van der Waals surface area contributed by atoms with Gasteiger partial charge in [0, 0.05) is 24.5 Å². The van der Waals surface area contributed by atoms with E-state index in [0.717, 1.165) is 12.8 Å². The third kappa shape index (κ3) is 4.85. The van der Waals surface area contributed by atoms with Crippen LogP contribution in [0.3, 0.4) is 0 Å². The van der Waals surface area contributed by atoms with Gasteiger partial charge in [0.05, 0.1) is 0 Å². The fraction of sp³-hybridized carbons (Fsp3) is 1.00. The van der Waals surface area contributed by atoms with E-state index in [1.165, 1.54) is 0 Å². The smallest absolute Gasteiger partial charge is 0.201 e. The van der Waals surface area contributed by atoms with E-state index in [0.29, 0.717) is 31.5 Å². The quantitative estimate of drug-likeness (QED) is 0.785. The van der Waals surface area contributed by atoms with E-state index >= 15 is 0 Å². The number of halogens is 1. The molecule has 1 saturated heterocycles. The standard InChI is InChI=1S/C11H23BrN2O2S/c1-9(2)11(12)7-13-17(15,16)14-6-4-5-10(3)8-14/h9-11,13H,4-8H2,1-3H3. The van der Waals surface area contributed by atoms with Crippen LogP contribution in [0.5, 0.6) is 0 Å². The Hall–Kier alpha value is 0.350. The van der Waals surface area contributed by atoms with Crippen LogP contribution in [0, 0.1) is 11.8 Å². The molecule has 0 amide bonds. The van der Waals surface area contributed by atoms with Gasteiger partial charge in [-0.1, -0.05) is 36.7 Å². The lowest BCUT2D eigenvalue weighted by molar-refractivity contribution is 0.278. The molecule has 0 aromatic heterocycles. The van der Waals surface area contributed by atoms with Crippen molar-refractivity contribution in [1.82, 2.24) is 9.03 Å². The van der Waals surface area contributed by atoms with E-state index in [2.05, 4.69) is 41.4 Å². The molecular weight excluding hydrogens is 304 g/mol. The number of nitrogens with one attached hydrogen (secondary N) is 1. The highest BCUT2D eigenvalue weighted by Crippen LogP contribution is 2.18. The van der Waals surface area contributed by atoms with Crippen LogP contribution in [0.2, 0.25) is 0 Å². The first-order chi connectivity index (χ1) is 7.83. The normalized spacial score (nSPS) is 25.1. The van der Waals surface area contributed by atoms with Gasteiger partial charge in [-0.15, -0.1) is 0 Å². The summed E-state index contributed by atoms with van der Waals surface area (Å²) >= 11 is 3.49. The SMILES string of the molecule is CC1CCCN(S(=O)(=O)NCC(Br)C(C)C)C1. The van der Waals surface area contributed by atoms with Gasteiger partial charge in [0.25, 0.3) is 10.2 Å². The molecule has 102 valence electrons. The molecule has 0 aromatic carbocycles. The van der Waals surface area contributed by atoms with Crippen molar-refractivity contribution >= 4 is 26.1 Å². The molecule has 0 radical (unpaired) electrons. The number of piperidine rings is 1. The zero-order valence-electron chi connectivity index (χ0n) is 10.8. The van der Waals surface area contributed by atoms with Crippen molar-refractivity contribution in [3.05, 3.63) is 0 Å². The first-order valence-corrected chi connectivity index (χ1v) is 8.57. The summed E-state index contributed by atoms with van der Waals surface area (Å²) in [6, 6.07) is 0. The Kier molecular flexibility index (Phi) is 5.89. The van der Waals surface area contributed by atoms with Crippen LogP contribution in [0.1, 0.15) is 33.6 Å². The molecule has 4 nitrogen and oxygen atoms in total. The minimum Gasteiger partial charge on any atom is -0.201 e. The van der Waals surface area contributed by atoms with Gasteiger partial charge in [0.15, 0.2) is 0 Å². The summed E-state index contributed by atoms with van der Waals surface area (Å²) in [5, 5.41) is 0. The number of alkyl halides is 1. The van der Waals surface area contributed by atoms with Gasteiger partial charge in [-0.05, 0) is 24.7 Å². The number of nitrogens with zero attached hydrogens (tertiary/aromatic N) is 1. The van der Waals surface area contributed by atoms with Gasteiger partial charge >= 0.3 is 0 Å². The monoisotopic (exact) mass is 326 g/mol. The first kappa shape index (κ1) is 15.4. The second-order valence-electron chi connectivity index (χ2n) is 5.22. The maximum absolute atomic E-state index is 12.1. The number of hydrogen-bond acceptors (Lipinski definition) is 2. The Bertz CT molecular complexity index is 332. The van der Waals surface area contributed by atoms with E-state index in [4.69, 9.17) is 0 Å². The highest BCUT2D eigenvalue weighted by molar-refractivity contribution is 9.09. The predicted octanol–water partition coefficient (Wildman–Crippen LogP) is 1.97. The zero-order chi connectivity index (χ0) is 13.1. The molecule has 1 heterocycles. The Morgan fingerprint density at radius 2 is 2.12 bits per heavy atom. The highest BCUT2D eigenvalue weighted by atomic mass is 79.9.